The van der Waals surface area contributed by atoms with Crippen LogP contribution in [0.2, 0.25) is 5.02 Å². The summed E-state index contributed by atoms with van der Waals surface area (Å²) in [6.07, 6.45) is -0.415. The lowest BCUT2D eigenvalue weighted by Crippen LogP contribution is -2.36. The fourth-order valence-corrected chi connectivity index (χ4v) is 5.74. The van der Waals surface area contributed by atoms with Gasteiger partial charge in [-0.2, -0.15) is 18.0 Å². The maximum absolute atomic E-state index is 11.1. The smallest absolute Gasteiger partial charge is 0.333 e. The van der Waals surface area contributed by atoms with E-state index in [0.29, 0.717) is 16.5 Å². The highest BCUT2D eigenvalue weighted by Crippen LogP contribution is 2.36. The van der Waals surface area contributed by atoms with Crippen LogP contribution in [0.5, 0.6) is 0 Å². The number of aliphatic hydroxyl groups excluding tert-OH is 2. The molecule has 5 N–H and O–H groups in total. The average Bonchev–Trinajstić information content (AvgIpc) is 3.44. The topological polar surface area (TPSA) is 152 Å². The molecule has 1 fully saturated rings. The molecular weight excluding hydrogens is 490 g/mol. The zero-order chi connectivity index (χ0) is 23.3. The molecule has 4 aromatic rings. The van der Waals surface area contributed by atoms with Crippen molar-refractivity contribution in [2.24, 2.45) is 11.1 Å². The molecule has 1 aromatic carbocycles. The summed E-state index contributed by atoms with van der Waals surface area (Å²) in [4.78, 5) is 4.38. The number of rotatable bonds is 6. The van der Waals surface area contributed by atoms with Crippen LogP contribution < -0.4 is 10.5 Å². The van der Waals surface area contributed by atoms with Gasteiger partial charge in [-0.15, -0.1) is 11.3 Å². The zero-order valence-corrected chi connectivity index (χ0v) is 19.4. The third kappa shape index (κ3) is 4.43. The molecule has 0 amide bonds. The van der Waals surface area contributed by atoms with Crippen LogP contribution in [0.4, 0.5) is 5.82 Å². The summed E-state index contributed by atoms with van der Waals surface area (Å²) in [6.45, 7) is -0.317. The normalized spacial score (nSPS) is 23.5. The first-order chi connectivity index (χ1) is 15.7. The van der Waals surface area contributed by atoms with E-state index in [9.17, 15) is 18.6 Å². The van der Waals surface area contributed by atoms with Gasteiger partial charge in [-0.3, -0.25) is 4.18 Å². The molecule has 3 aromatic heterocycles. The van der Waals surface area contributed by atoms with E-state index in [-0.39, 0.29) is 13.0 Å². The molecule has 1 aliphatic carbocycles. The van der Waals surface area contributed by atoms with Crippen molar-refractivity contribution in [2.75, 3.05) is 11.9 Å². The predicted molar refractivity (Wildman–Crippen MR) is 125 cm³/mol. The maximum Gasteiger partial charge on any atom is 0.333 e. The number of hydrogen-bond acceptors (Lipinski definition) is 9. The Morgan fingerprint density at radius 1 is 1.27 bits per heavy atom. The lowest BCUT2D eigenvalue weighted by atomic mass is 10.1. The summed E-state index contributed by atoms with van der Waals surface area (Å²) in [7, 11) is -4.14. The molecule has 33 heavy (non-hydrogen) atoms. The van der Waals surface area contributed by atoms with E-state index in [1.165, 1.54) is 0 Å². The number of aromatic nitrogens is 3. The fourth-order valence-electron chi connectivity index (χ4n) is 4.14. The first-order valence-electron chi connectivity index (χ1n) is 10.0. The number of thiophene rings is 1. The van der Waals surface area contributed by atoms with Crippen molar-refractivity contribution < 1.29 is 22.8 Å². The van der Waals surface area contributed by atoms with Crippen molar-refractivity contribution in [1.29, 1.82) is 0 Å². The molecule has 5 rings (SSSR count). The van der Waals surface area contributed by atoms with Crippen molar-refractivity contribution in [1.82, 2.24) is 14.6 Å². The van der Waals surface area contributed by atoms with Crippen LogP contribution in [0.3, 0.4) is 0 Å². The Kier molecular flexibility index (Phi) is 5.77. The van der Waals surface area contributed by atoms with Crippen LogP contribution in [0.1, 0.15) is 6.42 Å². The van der Waals surface area contributed by atoms with E-state index < -0.39 is 34.5 Å². The predicted octanol–water partition coefficient (Wildman–Crippen LogP) is 2.01. The minimum Gasteiger partial charge on any atom is -0.390 e. The highest BCUT2D eigenvalue weighted by Gasteiger charge is 2.42. The van der Waals surface area contributed by atoms with Crippen molar-refractivity contribution >= 4 is 54.8 Å². The minimum atomic E-state index is -4.14. The number of anilines is 1. The standard InChI is InChI=1S/C20H20ClN5O5S2/c21-11-1-2-12-13(9-32-16(12)6-11)14-7-18-23-4-3-17(26(18)25-14)24-15-5-10(19(27)20(15)28)8-31-33(22,29)30/h1-4,6-7,9-10,15,19-20,24,27-28H,5,8H2,(H2,22,29,30)/t10-,15-,19-,20+/m1/s1. The molecule has 0 radical (unpaired) electrons. The molecule has 0 unspecified atom stereocenters. The van der Waals surface area contributed by atoms with Gasteiger partial charge in [0.2, 0.25) is 0 Å². The number of nitrogens with zero attached hydrogens (tertiary/aromatic N) is 3. The summed E-state index contributed by atoms with van der Waals surface area (Å²) in [5, 5.41) is 37.3. The number of aliphatic hydroxyl groups is 2. The molecule has 0 saturated heterocycles. The van der Waals surface area contributed by atoms with E-state index in [1.54, 1.807) is 28.1 Å². The van der Waals surface area contributed by atoms with Gasteiger partial charge in [-0.05, 0) is 24.6 Å². The second-order valence-corrected chi connectivity index (χ2v) is 10.5. The van der Waals surface area contributed by atoms with Crippen molar-refractivity contribution in [3.05, 3.63) is 46.9 Å². The second-order valence-electron chi connectivity index (χ2n) is 7.92. The van der Waals surface area contributed by atoms with E-state index in [0.717, 1.165) is 21.3 Å². The Morgan fingerprint density at radius 2 is 2.09 bits per heavy atom. The number of hydrogen-bond donors (Lipinski definition) is 4. The molecule has 3 heterocycles. The lowest BCUT2D eigenvalue weighted by molar-refractivity contribution is 0.00777. The lowest BCUT2D eigenvalue weighted by Gasteiger charge is -2.19. The molecule has 13 heteroatoms. The zero-order valence-electron chi connectivity index (χ0n) is 17.0. The number of nitrogens with two attached hydrogens (primary N) is 1. The van der Waals surface area contributed by atoms with Crippen LogP contribution in [-0.2, 0) is 14.5 Å². The van der Waals surface area contributed by atoms with Crippen molar-refractivity contribution in [3.8, 4) is 11.3 Å². The molecule has 0 bridgehead atoms. The molecular formula is C20H20ClN5O5S2. The van der Waals surface area contributed by atoms with E-state index in [4.69, 9.17) is 21.8 Å². The SMILES string of the molecule is NS(=O)(=O)OC[C@H]1C[C@@H](Nc2ccnc3cc(-c4csc5cc(Cl)ccc45)nn23)[C@H](O)[C@@H]1O. The molecule has 1 aliphatic rings. The average molecular weight is 510 g/mol. The molecule has 0 spiro atoms. The van der Waals surface area contributed by atoms with Gasteiger partial charge in [0.15, 0.2) is 5.65 Å². The van der Waals surface area contributed by atoms with E-state index in [2.05, 4.69) is 14.5 Å². The highest BCUT2D eigenvalue weighted by molar-refractivity contribution is 7.84. The summed E-state index contributed by atoms with van der Waals surface area (Å²) in [5.74, 6) is -0.0385. The summed E-state index contributed by atoms with van der Waals surface area (Å²) in [5.41, 5.74) is 2.29. The number of benzene rings is 1. The van der Waals surface area contributed by atoms with Gasteiger partial charge in [0.25, 0.3) is 0 Å². The van der Waals surface area contributed by atoms with Crippen LogP contribution in [0.25, 0.3) is 27.0 Å². The fraction of sp³-hybridized carbons (Fsp3) is 0.300. The first-order valence-corrected chi connectivity index (χ1v) is 12.7. The van der Waals surface area contributed by atoms with Crippen LogP contribution >= 0.6 is 22.9 Å². The quantitative estimate of drug-likeness (QED) is 0.308. The molecule has 10 nitrogen and oxygen atoms in total. The summed E-state index contributed by atoms with van der Waals surface area (Å²) < 4.78 is 29.4. The molecule has 0 aliphatic heterocycles. The maximum atomic E-state index is 11.1. The Balaban J connectivity index is 1.42. The van der Waals surface area contributed by atoms with Gasteiger partial charge in [-0.1, -0.05) is 17.7 Å². The van der Waals surface area contributed by atoms with E-state index >= 15 is 0 Å². The monoisotopic (exact) mass is 509 g/mol. The Morgan fingerprint density at radius 3 is 2.88 bits per heavy atom. The molecule has 1 saturated carbocycles. The number of fused-ring (bicyclic) bond motifs is 2. The molecule has 4 atom stereocenters. The second kappa shape index (κ2) is 8.47. The summed E-state index contributed by atoms with van der Waals surface area (Å²) in [6, 6.07) is 8.72. The van der Waals surface area contributed by atoms with Crippen molar-refractivity contribution in [3.63, 3.8) is 0 Å². The number of halogens is 1. The van der Waals surface area contributed by atoms with Crippen LogP contribution in [-0.4, -0.2) is 58.1 Å². The Labute approximate surface area is 197 Å². The highest BCUT2D eigenvalue weighted by atomic mass is 35.5. The molecule has 174 valence electrons. The Hall–Kier alpha value is -2.32. The third-order valence-corrected chi connectivity index (χ3v) is 7.40. The van der Waals surface area contributed by atoms with Gasteiger partial charge in [0.05, 0.1) is 24.4 Å². The first kappa shape index (κ1) is 22.5. The van der Waals surface area contributed by atoms with E-state index in [1.807, 2.05) is 29.6 Å². The largest absolute Gasteiger partial charge is 0.390 e. The number of nitrogens with one attached hydrogen (secondary N) is 1. The minimum absolute atomic E-state index is 0.270. The van der Waals surface area contributed by atoms with Gasteiger partial charge < -0.3 is 15.5 Å². The summed E-state index contributed by atoms with van der Waals surface area (Å²) >= 11 is 7.68. The third-order valence-electron chi connectivity index (χ3n) is 5.75. The van der Waals surface area contributed by atoms with Crippen molar-refractivity contribution in [2.45, 2.75) is 24.7 Å². The van der Waals surface area contributed by atoms with Crippen LogP contribution in [0, 0.1) is 5.92 Å². The van der Waals surface area contributed by atoms with Gasteiger partial charge in [0.1, 0.15) is 11.9 Å². The van der Waals surface area contributed by atoms with Crippen LogP contribution in [0.15, 0.2) is 41.9 Å². The van der Waals surface area contributed by atoms with Gasteiger partial charge in [0, 0.05) is 44.2 Å². The van der Waals surface area contributed by atoms with Gasteiger partial charge >= 0.3 is 10.3 Å². The Bertz CT molecular complexity index is 1440. The van der Waals surface area contributed by atoms with Gasteiger partial charge in [-0.25, -0.2) is 10.1 Å².